The molecule has 27 heavy (non-hydrogen) atoms. The van der Waals surface area contributed by atoms with Crippen LogP contribution in [0.4, 0.5) is 5.82 Å². The van der Waals surface area contributed by atoms with E-state index in [2.05, 4.69) is 10.5 Å². The zero-order valence-corrected chi connectivity index (χ0v) is 14.9. The van der Waals surface area contributed by atoms with E-state index < -0.39 is 11.9 Å². The summed E-state index contributed by atoms with van der Waals surface area (Å²) in [7, 11) is 0. The minimum atomic E-state index is -0.465. The normalized spacial score (nSPS) is 10.6. The number of aryl methyl sites for hydroxylation is 1. The molecule has 0 saturated carbocycles. The fourth-order valence-electron chi connectivity index (χ4n) is 2.77. The number of benzene rings is 2. The Balaban J connectivity index is 1.60. The molecule has 6 nitrogen and oxygen atoms in total. The first-order chi connectivity index (χ1) is 13.1. The van der Waals surface area contributed by atoms with Crippen LogP contribution in [0, 0.1) is 6.92 Å². The Morgan fingerprint density at radius 2 is 1.63 bits per heavy atom. The molecule has 1 amide bonds. The van der Waals surface area contributed by atoms with E-state index in [1.807, 2.05) is 60.7 Å². The van der Waals surface area contributed by atoms with Crippen LogP contribution in [0.5, 0.6) is 0 Å². The van der Waals surface area contributed by atoms with E-state index in [4.69, 9.17) is 9.26 Å². The lowest BCUT2D eigenvalue weighted by atomic mass is 9.89. The predicted octanol–water partition coefficient (Wildman–Crippen LogP) is 3.69. The summed E-state index contributed by atoms with van der Waals surface area (Å²) in [5.74, 6) is -0.177. The Kier molecular flexibility index (Phi) is 5.99. The number of esters is 1. The van der Waals surface area contributed by atoms with E-state index in [0.29, 0.717) is 11.6 Å². The maximum absolute atomic E-state index is 12.3. The molecule has 0 fully saturated rings. The van der Waals surface area contributed by atoms with Gasteiger partial charge in [-0.1, -0.05) is 65.8 Å². The molecule has 3 rings (SSSR count). The number of nitrogens with one attached hydrogen (secondary N) is 1. The van der Waals surface area contributed by atoms with Crippen molar-refractivity contribution in [1.29, 1.82) is 0 Å². The van der Waals surface area contributed by atoms with E-state index in [1.165, 1.54) is 0 Å². The smallest absolute Gasteiger partial charge is 0.307 e. The van der Waals surface area contributed by atoms with Gasteiger partial charge in [0.15, 0.2) is 12.4 Å². The molecule has 0 aliphatic rings. The second kappa shape index (κ2) is 8.80. The SMILES string of the molecule is Cc1cc(NC(=O)COC(=O)CC(c2ccccc2)c2ccccc2)no1. The molecule has 1 aromatic heterocycles. The Labute approximate surface area is 157 Å². The molecular formula is C21H20N2O4. The highest BCUT2D eigenvalue weighted by atomic mass is 16.5. The zero-order valence-electron chi connectivity index (χ0n) is 14.9. The standard InChI is InChI=1S/C21H20N2O4/c1-15-12-19(23-27-15)22-20(24)14-26-21(25)13-18(16-8-4-2-5-9-16)17-10-6-3-7-11-17/h2-12,18H,13-14H2,1H3,(H,22,23,24). The van der Waals surface area contributed by atoms with Gasteiger partial charge in [-0.3, -0.25) is 9.59 Å². The van der Waals surface area contributed by atoms with Gasteiger partial charge in [-0.05, 0) is 18.1 Å². The fourth-order valence-corrected chi connectivity index (χ4v) is 2.77. The molecule has 0 aliphatic carbocycles. The third-order valence-electron chi connectivity index (χ3n) is 4.03. The van der Waals surface area contributed by atoms with Gasteiger partial charge in [0.05, 0.1) is 6.42 Å². The van der Waals surface area contributed by atoms with Crippen LogP contribution in [0.3, 0.4) is 0 Å². The van der Waals surface area contributed by atoms with Crippen molar-refractivity contribution >= 4 is 17.7 Å². The third kappa shape index (κ3) is 5.28. The monoisotopic (exact) mass is 364 g/mol. The van der Waals surface area contributed by atoms with Crippen LogP contribution >= 0.6 is 0 Å². The van der Waals surface area contributed by atoms with E-state index in [-0.39, 0.29) is 18.9 Å². The lowest BCUT2D eigenvalue weighted by Gasteiger charge is -2.17. The van der Waals surface area contributed by atoms with Crippen LogP contribution in [0.15, 0.2) is 71.3 Å². The maximum atomic E-state index is 12.3. The number of nitrogens with zero attached hydrogens (tertiary/aromatic N) is 1. The Bertz CT molecular complexity index is 851. The number of hydrogen-bond acceptors (Lipinski definition) is 5. The van der Waals surface area contributed by atoms with Crippen LogP contribution in [-0.4, -0.2) is 23.6 Å². The highest BCUT2D eigenvalue weighted by Crippen LogP contribution is 2.28. The first kappa shape index (κ1) is 18.4. The van der Waals surface area contributed by atoms with Gasteiger partial charge in [-0.15, -0.1) is 0 Å². The lowest BCUT2D eigenvalue weighted by molar-refractivity contribution is -0.147. The molecule has 1 N–H and O–H groups in total. The van der Waals surface area contributed by atoms with Gasteiger partial charge in [0, 0.05) is 12.0 Å². The molecule has 0 atom stereocenters. The van der Waals surface area contributed by atoms with Crippen molar-refractivity contribution in [3.05, 3.63) is 83.6 Å². The maximum Gasteiger partial charge on any atom is 0.307 e. The summed E-state index contributed by atoms with van der Waals surface area (Å²) in [6.45, 7) is 1.34. The molecule has 0 aliphatic heterocycles. The average molecular weight is 364 g/mol. The highest BCUT2D eigenvalue weighted by molar-refractivity contribution is 5.91. The molecule has 0 spiro atoms. The number of carbonyl (C=O) groups excluding carboxylic acids is 2. The van der Waals surface area contributed by atoms with Crippen molar-refractivity contribution in [2.24, 2.45) is 0 Å². The van der Waals surface area contributed by atoms with Crippen LogP contribution in [0.2, 0.25) is 0 Å². The Morgan fingerprint density at radius 1 is 1.04 bits per heavy atom. The van der Waals surface area contributed by atoms with Crippen LogP contribution in [-0.2, 0) is 14.3 Å². The molecule has 1 heterocycles. The molecule has 3 aromatic rings. The minimum absolute atomic E-state index is 0.138. The number of amides is 1. The number of rotatable bonds is 7. The third-order valence-corrected chi connectivity index (χ3v) is 4.03. The summed E-state index contributed by atoms with van der Waals surface area (Å²) in [5, 5.41) is 6.18. The molecule has 2 aromatic carbocycles. The van der Waals surface area contributed by atoms with Crippen molar-refractivity contribution in [3.8, 4) is 0 Å². The average Bonchev–Trinajstić information content (AvgIpc) is 3.10. The second-order valence-corrected chi connectivity index (χ2v) is 6.11. The molecule has 0 bridgehead atoms. The molecule has 0 radical (unpaired) electrons. The first-order valence-electron chi connectivity index (χ1n) is 8.60. The molecule has 0 saturated heterocycles. The van der Waals surface area contributed by atoms with Gasteiger partial charge < -0.3 is 14.6 Å². The van der Waals surface area contributed by atoms with E-state index >= 15 is 0 Å². The van der Waals surface area contributed by atoms with Gasteiger partial charge >= 0.3 is 5.97 Å². The van der Waals surface area contributed by atoms with Crippen LogP contribution in [0.1, 0.15) is 29.2 Å². The van der Waals surface area contributed by atoms with Crippen molar-refractivity contribution in [2.75, 3.05) is 11.9 Å². The van der Waals surface area contributed by atoms with E-state index in [0.717, 1.165) is 11.1 Å². The minimum Gasteiger partial charge on any atom is -0.456 e. The summed E-state index contributed by atoms with van der Waals surface area (Å²) < 4.78 is 10.0. The molecular weight excluding hydrogens is 344 g/mol. The van der Waals surface area contributed by atoms with Gasteiger partial charge in [0.25, 0.3) is 5.91 Å². The number of anilines is 1. The van der Waals surface area contributed by atoms with Crippen molar-refractivity contribution < 1.29 is 18.8 Å². The summed E-state index contributed by atoms with van der Waals surface area (Å²) in [6, 6.07) is 21.1. The predicted molar refractivity (Wildman–Crippen MR) is 100 cm³/mol. The lowest BCUT2D eigenvalue weighted by Crippen LogP contribution is -2.22. The summed E-state index contributed by atoms with van der Waals surface area (Å²) in [5.41, 5.74) is 2.03. The highest BCUT2D eigenvalue weighted by Gasteiger charge is 2.19. The van der Waals surface area contributed by atoms with Gasteiger partial charge in [-0.25, -0.2) is 0 Å². The summed E-state index contributed by atoms with van der Waals surface area (Å²) >= 11 is 0. The quantitative estimate of drug-likeness (QED) is 0.647. The number of aromatic nitrogens is 1. The molecule has 138 valence electrons. The van der Waals surface area contributed by atoms with Crippen molar-refractivity contribution in [2.45, 2.75) is 19.3 Å². The topological polar surface area (TPSA) is 81.4 Å². The fraction of sp³-hybridized carbons (Fsp3) is 0.190. The van der Waals surface area contributed by atoms with Crippen LogP contribution in [0.25, 0.3) is 0 Å². The Morgan fingerprint density at radius 3 is 2.15 bits per heavy atom. The van der Waals surface area contributed by atoms with Gasteiger partial charge in [0.2, 0.25) is 0 Å². The first-order valence-corrected chi connectivity index (χ1v) is 8.60. The molecule has 6 heteroatoms. The van der Waals surface area contributed by atoms with E-state index in [9.17, 15) is 9.59 Å². The van der Waals surface area contributed by atoms with Crippen molar-refractivity contribution in [1.82, 2.24) is 5.16 Å². The van der Waals surface area contributed by atoms with Gasteiger partial charge in [-0.2, -0.15) is 0 Å². The van der Waals surface area contributed by atoms with Crippen molar-refractivity contribution in [3.63, 3.8) is 0 Å². The van der Waals surface area contributed by atoms with E-state index in [1.54, 1.807) is 13.0 Å². The zero-order chi connectivity index (χ0) is 19.1. The molecule has 0 unspecified atom stereocenters. The largest absolute Gasteiger partial charge is 0.456 e. The Hall–Kier alpha value is -3.41. The van der Waals surface area contributed by atoms with Crippen LogP contribution < -0.4 is 5.32 Å². The number of ether oxygens (including phenoxy) is 1. The number of carbonyl (C=O) groups is 2. The number of hydrogen-bond donors (Lipinski definition) is 1. The second-order valence-electron chi connectivity index (χ2n) is 6.11. The van der Waals surface area contributed by atoms with Gasteiger partial charge in [0.1, 0.15) is 5.76 Å². The summed E-state index contributed by atoms with van der Waals surface area (Å²) in [4.78, 5) is 24.2. The summed E-state index contributed by atoms with van der Waals surface area (Å²) in [6.07, 6.45) is 0.143.